The number of benzene rings is 5. The zero-order valence-corrected chi connectivity index (χ0v) is 39.7. The van der Waals surface area contributed by atoms with Crippen LogP contribution in [0.1, 0.15) is 130 Å². The van der Waals surface area contributed by atoms with Gasteiger partial charge in [0.05, 0.1) is 17.3 Å². The van der Waals surface area contributed by atoms with Gasteiger partial charge in [-0.2, -0.15) is 4.57 Å². The van der Waals surface area contributed by atoms with Gasteiger partial charge < -0.3 is 5.11 Å². The molecule has 3 nitrogen and oxygen atoms in total. The molecule has 0 saturated heterocycles. The van der Waals surface area contributed by atoms with Gasteiger partial charge >= 0.3 is 0 Å². The van der Waals surface area contributed by atoms with Crippen LogP contribution in [0.2, 0.25) is 0 Å². The van der Waals surface area contributed by atoms with Gasteiger partial charge in [-0.25, -0.2) is 0 Å². The van der Waals surface area contributed by atoms with Crippen molar-refractivity contribution in [2.24, 2.45) is 7.05 Å². The number of nitrogens with zero attached hydrogens (tertiary/aromatic N) is 2. The minimum atomic E-state index is -0.278. The van der Waals surface area contributed by atoms with Crippen LogP contribution in [0.5, 0.6) is 5.75 Å². The summed E-state index contributed by atoms with van der Waals surface area (Å²) in [5, 5.41) is 12.5. The molecule has 0 unspecified atom stereocenters. The van der Waals surface area contributed by atoms with Crippen LogP contribution in [0, 0.1) is 6.20 Å². The lowest BCUT2D eigenvalue weighted by atomic mass is 9.78. The molecule has 0 spiro atoms. The monoisotopic (exact) mass is 820 g/mol. The smallest absolute Gasteiger partial charge is 0.217 e. The van der Waals surface area contributed by atoms with Gasteiger partial charge in [-0.1, -0.05) is 181 Å². The fourth-order valence-corrected chi connectivity index (χ4v) is 8.58. The zero-order valence-electron chi connectivity index (χ0n) is 39.7. The Balaban J connectivity index is 1.60. The van der Waals surface area contributed by atoms with Crippen molar-refractivity contribution >= 4 is 0 Å². The lowest BCUT2D eigenvalue weighted by molar-refractivity contribution is -0.649. The number of hydrogen-bond acceptors (Lipinski definition) is 1. The second-order valence-electron chi connectivity index (χ2n) is 21.0. The van der Waals surface area contributed by atoms with E-state index < -0.39 is 0 Å². The number of phenolic OH excluding ortho intramolecular Hbond substituents is 1. The molecular weight excluding hydrogens is 753 g/mol. The summed E-state index contributed by atoms with van der Waals surface area (Å²) in [5.41, 5.74) is 17.7. The number of hydrogen-bond donors (Lipinski definition) is 1. The summed E-state index contributed by atoms with van der Waals surface area (Å²) in [6.07, 6.45) is 5.71. The highest BCUT2D eigenvalue weighted by Crippen LogP contribution is 2.45. The SMILES string of the molecule is CC(C)c1cc(-c2ccccc2)cc(C(C)C)c1-c1cc(-c2cc(-[n+]3[c-]ccc(-c4ccccc4)c3)cc(C(C)(C)C)c2)cc(-c2cc(C(C)(C)C)cc(C(C)(C)C)c2O)[n+]1C. The number of pyridine rings is 2. The maximum absolute atomic E-state index is 12.5. The summed E-state index contributed by atoms with van der Waals surface area (Å²) < 4.78 is 4.48. The zero-order chi connectivity index (χ0) is 44.9. The molecule has 7 aromatic rings. The number of phenols is 1. The third-order valence-corrected chi connectivity index (χ3v) is 12.4. The van der Waals surface area contributed by atoms with Gasteiger partial charge in [-0.15, -0.1) is 6.07 Å². The van der Waals surface area contributed by atoms with E-state index in [2.05, 4.69) is 240 Å². The molecule has 318 valence electrons. The fourth-order valence-electron chi connectivity index (χ4n) is 8.58. The molecule has 0 aliphatic rings. The Kier molecular flexibility index (Phi) is 12.0. The van der Waals surface area contributed by atoms with Crippen molar-refractivity contribution in [3.8, 4) is 67.3 Å². The Hall–Kier alpha value is -5.80. The first-order valence-electron chi connectivity index (χ1n) is 22.4. The van der Waals surface area contributed by atoms with E-state index in [1.54, 1.807) is 0 Å². The quantitative estimate of drug-likeness (QED) is 0.120. The number of aromatic nitrogens is 2. The molecule has 0 atom stereocenters. The Morgan fingerprint density at radius 3 is 1.53 bits per heavy atom. The molecule has 1 N–H and O–H groups in total. The topological polar surface area (TPSA) is 28.0 Å². The first-order chi connectivity index (χ1) is 29.1. The highest BCUT2D eigenvalue weighted by molar-refractivity contribution is 5.82. The molecule has 0 fully saturated rings. The molecule has 0 aliphatic carbocycles. The normalized spacial score (nSPS) is 12.4. The van der Waals surface area contributed by atoms with Crippen molar-refractivity contribution in [3.05, 3.63) is 168 Å². The Morgan fingerprint density at radius 2 is 1.00 bits per heavy atom. The molecule has 2 heterocycles. The van der Waals surface area contributed by atoms with E-state index in [1.165, 1.54) is 44.5 Å². The van der Waals surface area contributed by atoms with E-state index in [0.717, 1.165) is 44.9 Å². The molecule has 0 amide bonds. The highest BCUT2D eigenvalue weighted by atomic mass is 16.3. The molecule has 0 bridgehead atoms. The van der Waals surface area contributed by atoms with E-state index in [9.17, 15) is 5.11 Å². The van der Waals surface area contributed by atoms with Gasteiger partial charge in [-0.3, -0.25) is 4.57 Å². The molecule has 2 aromatic heterocycles. The van der Waals surface area contributed by atoms with Crippen molar-refractivity contribution in [2.75, 3.05) is 0 Å². The van der Waals surface area contributed by atoms with Gasteiger partial charge in [0.15, 0.2) is 6.20 Å². The number of aromatic hydroxyl groups is 1. The van der Waals surface area contributed by atoms with E-state index in [0.29, 0.717) is 5.75 Å². The first-order valence-corrected chi connectivity index (χ1v) is 22.4. The van der Waals surface area contributed by atoms with E-state index in [4.69, 9.17) is 0 Å². The van der Waals surface area contributed by atoms with Crippen LogP contribution < -0.4 is 9.13 Å². The standard InChI is InChI=1S/C59H66N2O/c1-38(2)49-30-44(41-24-19-16-20-25-41)31-50(39(3)4)55(49)54-33-45(32-53(60(54)14)51-35-47(58(8,9)10)36-52(56(51)62)59(11,12)13)43-28-46(57(5,6)7)34-48(29-43)61-27-21-26-42(37-61)40-22-17-15-18-23-40/h15-26,28-39H,1-14H3/p+1. The van der Waals surface area contributed by atoms with Gasteiger partial charge in [0, 0.05) is 17.7 Å². The van der Waals surface area contributed by atoms with Crippen LogP contribution in [0.4, 0.5) is 0 Å². The number of rotatable bonds is 8. The molecule has 5 aromatic carbocycles. The Labute approximate surface area is 372 Å². The van der Waals surface area contributed by atoms with Crippen molar-refractivity contribution in [1.82, 2.24) is 0 Å². The molecule has 0 aliphatic heterocycles. The highest BCUT2D eigenvalue weighted by Gasteiger charge is 2.32. The van der Waals surface area contributed by atoms with Gasteiger partial charge in [0.1, 0.15) is 18.5 Å². The lowest BCUT2D eigenvalue weighted by Gasteiger charge is -2.27. The minimum absolute atomic E-state index is 0.128. The summed E-state index contributed by atoms with van der Waals surface area (Å²) in [7, 11) is 2.19. The molecular formula is C59H67N2O+. The molecule has 62 heavy (non-hydrogen) atoms. The van der Waals surface area contributed by atoms with Crippen molar-refractivity contribution in [1.29, 1.82) is 0 Å². The van der Waals surface area contributed by atoms with E-state index in [-0.39, 0.29) is 28.1 Å². The van der Waals surface area contributed by atoms with Crippen LogP contribution in [-0.2, 0) is 23.3 Å². The van der Waals surface area contributed by atoms with Crippen molar-refractivity contribution < 1.29 is 14.2 Å². The summed E-state index contributed by atoms with van der Waals surface area (Å²) in [6, 6.07) is 46.4. The predicted octanol–water partition coefficient (Wildman–Crippen LogP) is 14.8. The van der Waals surface area contributed by atoms with Gasteiger partial charge in [-0.05, 0) is 102 Å². The van der Waals surface area contributed by atoms with Crippen LogP contribution >= 0.6 is 0 Å². The van der Waals surface area contributed by atoms with Crippen molar-refractivity contribution in [2.45, 2.75) is 118 Å². The second kappa shape index (κ2) is 16.8. The van der Waals surface area contributed by atoms with Crippen LogP contribution in [0.3, 0.4) is 0 Å². The Bertz CT molecular complexity index is 2710. The second-order valence-corrected chi connectivity index (χ2v) is 21.0. The maximum Gasteiger partial charge on any atom is 0.217 e. The van der Waals surface area contributed by atoms with Crippen LogP contribution in [0.25, 0.3) is 61.6 Å². The van der Waals surface area contributed by atoms with Gasteiger partial charge in [0.25, 0.3) is 0 Å². The summed E-state index contributed by atoms with van der Waals surface area (Å²) in [6.45, 7) is 29.5. The van der Waals surface area contributed by atoms with E-state index in [1.807, 2.05) is 6.07 Å². The van der Waals surface area contributed by atoms with E-state index >= 15 is 0 Å². The predicted molar refractivity (Wildman–Crippen MR) is 261 cm³/mol. The Morgan fingerprint density at radius 1 is 0.500 bits per heavy atom. The van der Waals surface area contributed by atoms with Gasteiger partial charge in [0.2, 0.25) is 11.4 Å². The third-order valence-electron chi connectivity index (χ3n) is 12.4. The van der Waals surface area contributed by atoms with Crippen LogP contribution in [0.15, 0.2) is 134 Å². The van der Waals surface area contributed by atoms with Crippen molar-refractivity contribution in [3.63, 3.8) is 0 Å². The minimum Gasteiger partial charge on any atom is -0.507 e. The summed E-state index contributed by atoms with van der Waals surface area (Å²) in [5.74, 6) is 0.842. The largest absolute Gasteiger partial charge is 0.507 e. The summed E-state index contributed by atoms with van der Waals surface area (Å²) in [4.78, 5) is 0. The third kappa shape index (κ3) is 9.05. The fraction of sp³-hybridized carbons (Fsp3) is 0.322. The average Bonchev–Trinajstić information content (AvgIpc) is 3.23. The first kappa shape index (κ1) is 44.3. The molecule has 7 rings (SSSR count). The lowest BCUT2D eigenvalue weighted by Crippen LogP contribution is -2.35. The average molecular weight is 820 g/mol. The maximum atomic E-state index is 12.5. The molecule has 3 heteroatoms. The summed E-state index contributed by atoms with van der Waals surface area (Å²) >= 11 is 0. The molecule has 0 saturated carbocycles. The molecule has 0 radical (unpaired) electrons. The van der Waals surface area contributed by atoms with Crippen LogP contribution in [-0.4, -0.2) is 5.11 Å².